The van der Waals surface area contributed by atoms with Crippen molar-refractivity contribution >= 4 is 57.2 Å². The van der Waals surface area contributed by atoms with Gasteiger partial charge in [-0.3, -0.25) is 4.79 Å². The summed E-state index contributed by atoms with van der Waals surface area (Å²) in [5.41, 5.74) is 1.02. The molecule has 0 unspecified atom stereocenters. The zero-order valence-electron chi connectivity index (χ0n) is 15.2. The highest BCUT2D eigenvalue weighted by molar-refractivity contribution is 7.15. The highest BCUT2D eigenvalue weighted by atomic mass is 35.5. The molecule has 0 bridgehead atoms. The summed E-state index contributed by atoms with van der Waals surface area (Å²) in [7, 11) is 1.34. The summed E-state index contributed by atoms with van der Waals surface area (Å²) in [6.07, 6.45) is 1.49. The maximum absolute atomic E-state index is 12.6. The third kappa shape index (κ3) is 5.65. The normalized spacial score (nSPS) is 11.5. The monoisotopic (exact) mass is 471 g/mol. The standard InChI is InChI=1S/C19H13Cl2F2N3O3S/c1-28-14-7-2-10(9-15(14)29-19(22)23)8-13(21)17-25-26-18(30-17)16(27)24-12-5-3-11(20)4-6-12/h2-9,19H,1H3,(H,24,27)/b13-8-. The van der Waals surface area contributed by atoms with Crippen LogP contribution in [0.15, 0.2) is 42.5 Å². The molecular weight excluding hydrogens is 459 g/mol. The van der Waals surface area contributed by atoms with Gasteiger partial charge >= 0.3 is 6.61 Å². The molecule has 11 heteroatoms. The lowest BCUT2D eigenvalue weighted by Crippen LogP contribution is -2.11. The average molecular weight is 472 g/mol. The zero-order chi connectivity index (χ0) is 21.7. The fourth-order valence-corrected chi connectivity index (χ4v) is 3.36. The number of aromatic nitrogens is 2. The van der Waals surface area contributed by atoms with E-state index in [1.807, 2.05) is 0 Å². The van der Waals surface area contributed by atoms with Crippen LogP contribution in [0, 0.1) is 0 Å². The fourth-order valence-electron chi connectivity index (χ4n) is 2.31. The average Bonchev–Trinajstić information content (AvgIpc) is 3.20. The summed E-state index contributed by atoms with van der Waals surface area (Å²) in [6.45, 7) is -3.00. The predicted octanol–water partition coefficient (Wildman–Crippen LogP) is 5.79. The number of nitrogens with zero attached hydrogens (tertiary/aromatic N) is 2. The molecule has 3 aromatic rings. The minimum atomic E-state index is -3.00. The number of halogens is 4. The van der Waals surface area contributed by atoms with Crippen LogP contribution in [0.2, 0.25) is 5.02 Å². The van der Waals surface area contributed by atoms with Crippen molar-refractivity contribution < 1.29 is 23.0 Å². The molecule has 1 heterocycles. The van der Waals surface area contributed by atoms with Crippen LogP contribution >= 0.6 is 34.5 Å². The third-order valence-electron chi connectivity index (χ3n) is 3.62. The Bertz CT molecular complexity index is 1080. The summed E-state index contributed by atoms with van der Waals surface area (Å²) in [4.78, 5) is 12.3. The second-order valence-electron chi connectivity index (χ2n) is 5.65. The number of carbonyl (C=O) groups excluding carboxylic acids is 1. The molecule has 0 aliphatic heterocycles. The van der Waals surface area contributed by atoms with Gasteiger partial charge in [-0.1, -0.05) is 40.6 Å². The fraction of sp³-hybridized carbons (Fsp3) is 0.105. The topological polar surface area (TPSA) is 73.3 Å². The lowest BCUT2D eigenvalue weighted by molar-refractivity contribution is -0.0512. The molecule has 1 aromatic heterocycles. The number of alkyl halides is 2. The number of hydrogen-bond donors (Lipinski definition) is 1. The van der Waals surface area contributed by atoms with Gasteiger partial charge in [-0.05, 0) is 48.0 Å². The molecular formula is C19H13Cl2F2N3O3S. The number of amides is 1. The molecule has 3 rings (SSSR count). The molecule has 0 atom stereocenters. The van der Waals surface area contributed by atoms with Crippen molar-refractivity contribution in [2.45, 2.75) is 6.61 Å². The van der Waals surface area contributed by atoms with E-state index in [1.54, 1.807) is 30.3 Å². The highest BCUT2D eigenvalue weighted by Gasteiger charge is 2.16. The van der Waals surface area contributed by atoms with Crippen LogP contribution in [-0.2, 0) is 0 Å². The first-order valence-corrected chi connectivity index (χ1v) is 9.84. The first-order chi connectivity index (χ1) is 14.4. The molecule has 6 nitrogen and oxygen atoms in total. The van der Waals surface area contributed by atoms with E-state index >= 15 is 0 Å². The molecule has 0 fully saturated rings. The quantitative estimate of drug-likeness (QED) is 0.471. The molecule has 0 saturated carbocycles. The third-order valence-corrected chi connectivity index (χ3v) is 5.23. The number of rotatable bonds is 7. The second-order valence-corrected chi connectivity index (χ2v) is 7.48. The minimum Gasteiger partial charge on any atom is -0.493 e. The lowest BCUT2D eigenvalue weighted by Gasteiger charge is -2.10. The van der Waals surface area contributed by atoms with Gasteiger partial charge in [0.25, 0.3) is 5.91 Å². The smallest absolute Gasteiger partial charge is 0.387 e. The van der Waals surface area contributed by atoms with Crippen molar-refractivity contribution in [3.8, 4) is 11.5 Å². The van der Waals surface area contributed by atoms with Gasteiger partial charge in [-0.2, -0.15) is 8.78 Å². The Hall–Kier alpha value is -2.75. The van der Waals surface area contributed by atoms with Crippen LogP contribution in [0.25, 0.3) is 11.1 Å². The van der Waals surface area contributed by atoms with Gasteiger partial charge in [0.05, 0.1) is 12.1 Å². The van der Waals surface area contributed by atoms with Crippen LogP contribution in [-0.4, -0.2) is 29.8 Å². The summed E-state index contributed by atoms with van der Waals surface area (Å²) in [6, 6.07) is 11.0. The van der Waals surface area contributed by atoms with Gasteiger partial charge in [-0.15, -0.1) is 10.2 Å². The number of methoxy groups -OCH3 is 1. The number of benzene rings is 2. The molecule has 156 valence electrons. The Labute approximate surface area is 184 Å². The predicted molar refractivity (Wildman–Crippen MR) is 113 cm³/mol. The van der Waals surface area contributed by atoms with Crippen molar-refractivity contribution in [1.82, 2.24) is 10.2 Å². The molecule has 30 heavy (non-hydrogen) atoms. The summed E-state index contributed by atoms with van der Waals surface area (Å²) in [5, 5.41) is 11.5. The Balaban J connectivity index is 1.76. The van der Waals surface area contributed by atoms with Crippen LogP contribution in [0.1, 0.15) is 20.4 Å². The Morgan fingerprint density at radius 2 is 1.83 bits per heavy atom. The van der Waals surface area contributed by atoms with Gasteiger partial charge in [0.2, 0.25) is 5.01 Å². The highest BCUT2D eigenvalue weighted by Crippen LogP contribution is 2.32. The number of carbonyl (C=O) groups is 1. The maximum atomic E-state index is 12.6. The minimum absolute atomic E-state index is 0.1000. The number of anilines is 1. The first kappa shape index (κ1) is 21.9. The zero-order valence-corrected chi connectivity index (χ0v) is 17.6. The second kappa shape index (κ2) is 9.84. The SMILES string of the molecule is COc1ccc(/C=C(\Cl)c2nnc(C(=O)Nc3ccc(Cl)cc3)s2)cc1OC(F)F. The van der Waals surface area contributed by atoms with E-state index in [0.717, 1.165) is 11.3 Å². The van der Waals surface area contributed by atoms with Crippen molar-refractivity contribution in [2.75, 3.05) is 12.4 Å². The summed E-state index contributed by atoms with van der Waals surface area (Å²) >= 11 is 13.1. The molecule has 0 aliphatic carbocycles. The van der Waals surface area contributed by atoms with Gasteiger partial charge in [0.1, 0.15) is 0 Å². The Kier molecular flexibility index (Phi) is 7.20. The lowest BCUT2D eigenvalue weighted by atomic mass is 10.2. The maximum Gasteiger partial charge on any atom is 0.387 e. The van der Waals surface area contributed by atoms with E-state index in [2.05, 4.69) is 20.3 Å². The molecule has 0 saturated heterocycles. The van der Waals surface area contributed by atoms with E-state index < -0.39 is 12.5 Å². The first-order valence-electron chi connectivity index (χ1n) is 8.26. The largest absolute Gasteiger partial charge is 0.493 e. The van der Waals surface area contributed by atoms with E-state index in [0.29, 0.717) is 16.3 Å². The molecule has 0 aliphatic rings. The van der Waals surface area contributed by atoms with Gasteiger partial charge in [0.15, 0.2) is 16.5 Å². The number of hydrogen-bond acceptors (Lipinski definition) is 6. The van der Waals surface area contributed by atoms with Crippen LogP contribution in [0.4, 0.5) is 14.5 Å². The van der Waals surface area contributed by atoms with Crippen LogP contribution in [0.5, 0.6) is 11.5 Å². The summed E-state index contributed by atoms with van der Waals surface area (Å²) in [5.74, 6) is -0.436. The van der Waals surface area contributed by atoms with Crippen LogP contribution < -0.4 is 14.8 Å². The Morgan fingerprint density at radius 3 is 2.50 bits per heavy atom. The molecule has 1 amide bonds. The van der Waals surface area contributed by atoms with Crippen molar-refractivity contribution in [3.63, 3.8) is 0 Å². The van der Waals surface area contributed by atoms with E-state index in [4.69, 9.17) is 27.9 Å². The number of ether oxygens (including phenoxy) is 2. The molecule has 1 N–H and O–H groups in total. The van der Waals surface area contributed by atoms with E-state index in [-0.39, 0.29) is 26.5 Å². The Morgan fingerprint density at radius 1 is 1.13 bits per heavy atom. The van der Waals surface area contributed by atoms with Gasteiger partial charge in [0, 0.05) is 10.7 Å². The van der Waals surface area contributed by atoms with Gasteiger partial charge < -0.3 is 14.8 Å². The molecule has 0 radical (unpaired) electrons. The van der Waals surface area contributed by atoms with E-state index in [9.17, 15) is 13.6 Å². The van der Waals surface area contributed by atoms with Crippen molar-refractivity contribution in [1.29, 1.82) is 0 Å². The van der Waals surface area contributed by atoms with E-state index in [1.165, 1.54) is 25.3 Å². The van der Waals surface area contributed by atoms with Crippen molar-refractivity contribution in [3.05, 3.63) is 63.1 Å². The van der Waals surface area contributed by atoms with Crippen molar-refractivity contribution in [2.24, 2.45) is 0 Å². The van der Waals surface area contributed by atoms with Crippen LogP contribution in [0.3, 0.4) is 0 Å². The summed E-state index contributed by atoms with van der Waals surface area (Å²) < 4.78 is 34.6. The van der Waals surface area contributed by atoms with Gasteiger partial charge in [-0.25, -0.2) is 0 Å². The molecule has 2 aromatic carbocycles. The number of nitrogens with one attached hydrogen (secondary N) is 1. The molecule has 0 spiro atoms.